The first kappa shape index (κ1) is 10.7. The fourth-order valence-electron chi connectivity index (χ4n) is 2.03. The second-order valence-electron chi connectivity index (χ2n) is 4.27. The van der Waals surface area contributed by atoms with Crippen molar-refractivity contribution in [3.63, 3.8) is 0 Å². The molecule has 2 aromatic heterocycles. The Labute approximate surface area is 105 Å². The van der Waals surface area contributed by atoms with Crippen molar-refractivity contribution in [3.8, 4) is 0 Å². The largest absolute Gasteiger partial charge is 0.297 e. The van der Waals surface area contributed by atoms with Crippen LogP contribution in [0.15, 0.2) is 54.9 Å². The number of carbonyl (C=O) groups is 1. The standard InChI is InChI=1S/C15H12N2O/c1-11-5-4-6-12(9-11)15(18)13-10-16-14-7-2-3-8-17(13)14/h2-10H,1H3. The number of hydrogen-bond donors (Lipinski definition) is 0. The second-order valence-corrected chi connectivity index (χ2v) is 4.27. The molecule has 2 heterocycles. The maximum absolute atomic E-state index is 12.4. The van der Waals surface area contributed by atoms with Gasteiger partial charge in [0.05, 0.1) is 6.20 Å². The van der Waals surface area contributed by atoms with Gasteiger partial charge in [-0.1, -0.05) is 29.8 Å². The van der Waals surface area contributed by atoms with Gasteiger partial charge in [-0.3, -0.25) is 9.20 Å². The molecule has 0 radical (unpaired) electrons. The van der Waals surface area contributed by atoms with Crippen molar-refractivity contribution in [3.05, 3.63) is 71.7 Å². The average Bonchev–Trinajstić information content (AvgIpc) is 2.82. The Hall–Kier alpha value is -2.42. The number of imidazole rings is 1. The van der Waals surface area contributed by atoms with Crippen molar-refractivity contribution >= 4 is 11.4 Å². The van der Waals surface area contributed by atoms with Crippen LogP contribution in [0.2, 0.25) is 0 Å². The Bertz CT molecular complexity index is 728. The summed E-state index contributed by atoms with van der Waals surface area (Å²) < 4.78 is 1.81. The molecule has 3 nitrogen and oxygen atoms in total. The molecule has 0 aliphatic heterocycles. The van der Waals surface area contributed by atoms with Gasteiger partial charge in [0.15, 0.2) is 0 Å². The molecular weight excluding hydrogens is 224 g/mol. The van der Waals surface area contributed by atoms with Crippen LogP contribution in [0, 0.1) is 6.92 Å². The molecular formula is C15H12N2O. The summed E-state index contributed by atoms with van der Waals surface area (Å²) in [6.07, 6.45) is 3.48. The highest BCUT2D eigenvalue weighted by Crippen LogP contribution is 2.13. The zero-order chi connectivity index (χ0) is 12.5. The lowest BCUT2D eigenvalue weighted by Crippen LogP contribution is -2.05. The number of pyridine rings is 1. The van der Waals surface area contributed by atoms with Crippen LogP contribution in [0.3, 0.4) is 0 Å². The summed E-state index contributed by atoms with van der Waals surface area (Å²) in [4.78, 5) is 16.6. The summed E-state index contributed by atoms with van der Waals surface area (Å²) in [6, 6.07) is 13.3. The van der Waals surface area contributed by atoms with Gasteiger partial charge < -0.3 is 0 Å². The minimum Gasteiger partial charge on any atom is -0.297 e. The zero-order valence-electron chi connectivity index (χ0n) is 10.00. The minimum absolute atomic E-state index is 0.00241. The monoisotopic (exact) mass is 236 g/mol. The predicted octanol–water partition coefficient (Wildman–Crippen LogP) is 2.87. The fourth-order valence-corrected chi connectivity index (χ4v) is 2.03. The Kier molecular flexibility index (Phi) is 2.45. The summed E-state index contributed by atoms with van der Waals surface area (Å²) in [5.74, 6) is -0.00241. The molecule has 0 aliphatic rings. The van der Waals surface area contributed by atoms with Crippen molar-refractivity contribution in [2.24, 2.45) is 0 Å². The van der Waals surface area contributed by atoms with Gasteiger partial charge in [0, 0.05) is 11.8 Å². The van der Waals surface area contributed by atoms with Crippen molar-refractivity contribution in [2.75, 3.05) is 0 Å². The first-order valence-corrected chi connectivity index (χ1v) is 5.79. The van der Waals surface area contributed by atoms with Gasteiger partial charge >= 0.3 is 0 Å². The summed E-state index contributed by atoms with van der Waals surface area (Å²) in [6.45, 7) is 1.98. The maximum atomic E-state index is 12.4. The lowest BCUT2D eigenvalue weighted by molar-refractivity contribution is 0.103. The molecule has 0 spiro atoms. The van der Waals surface area contributed by atoms with Crippen LogP contribution in [-0.2, 0) is 0 Å². The van der Waals surface area contributed by atoms with Crippen molar-refractivity contribution in [2.45, 2.75) is 6.92 Å². The molecule has 0 saturated carbocycles. The molecule has 0 N–H and O–H groups in total. The quantitative estimate of drug-likeness (QED) is 0.641. The molecule has 3 rings (SSSR count). The van der Waals surface area contributed by atoms with E-state index in [9.17, 15) is 4.79 Å². The van der Waals surface area contributed by atoms with E-state index in [0.717, 1.165) is 11.2 Å². The topological polar surface area (TPSA) is 34.4 Å². The molecule has 0 amide bonds. The lowest BCUT2D eigenvalue weighted by Gasteiger charge is -2.02. The van der Waals surface area contributed by atoms with Crippen LogP contribution in [-0.4, -0.2) is 15.2 Å². The summed E-state index contributed by atoms with van der Waals surface area (Å²) >= 11 is 0. The van der Waals surface area contributed by atoms with Crippen molar-refractivity contribution < 1.29 is 4.79 Å². The molecule has 3 aromatic rings. The fraction of sp³-hybridized carbons (Fsp3) is 0.0667. The van der Waals surface area contributed by atoms with E-state index in [-0.39, 0.29) is 5.78 Å². The maximum Gasteiger partial charge on any atom is 0.211 e. The third-order valence-electron chi connectivity index (χ3n) is 2.93. The third-order valence-corrected chi connectivity index (χ3v) is 2.93. The number of rotatable bonds is 2. The van der Waals surface area contributed by atoms with E-state index in [2.05, 4.69) is 4.98 Å². The molecule has 18 heavy (non-hydrogen) atoms. The number of aryl methyl sites for hydroxylation is 1. The van der Waals surface area contributed by atoms with E-state index in [1.54, 1.807) is 6.20 Å². The molecule has 0 aliphatic carbocycles. The molecule has 88 valence electrons. The molecule has 3 heteroatoms. The molecule has 0 unspecified atom stereocenters. The zero-order valence-corrected chi connectivity index (χ0v) is 10.00. The molecule has 0 saturated heterocycles. The van der Waals surface area contributed by atoms with Gasteiger partial charge in [-0.25, -0.2) is 4.98 Å². The van der Waals surface area contributed by atoms with E-state index < -0.39 is 0 Å². The Morgan fingerprint density at radius 3 is 2.89 bits per heavy atom. The van der Waals surface area contributed by atoms with Gasteiger partial charge in [-0.2, -0.15) is 0 Å². The molecule has 0 bridgehead atoms. The molecule has 0 atom stereocenters. The van der Waals surface area contributed by atoms with Crippen LogP contribution < -0.4 is 0 Å². The molecule has 1 aromatic carbocycles. The Balaban J connectivity index is 2.12. The SMILES string of the molecule is Cc1cccc(C(=O)c2cnc3ccccn23)c1. The van der Waals surface area contributed by atoms with Crippen LogP contribution in [0.5, 0.6) is 0 Å². The lowest BCUT2D eigenvalue weighted by atomic mass is 10.1. The van der Waals surface area contributed by atoms with Gasteiger partial charge in [0.25, 0.3) is 0 Å². The summed E-state index contributed by atoms with van der Waals surface area (Å²) in [7, 11) is 0. The first-order chi connectivity index (χ1) is 8.75. The van der Waals surface area contributed by atoms with Gasteiger partial charge in [0.2, 0.25) is 5.78 Å². The third kappa shape index (κ3) is 1.70. The smallest absolute Gasteiger partial charge is 0.211 e. The van der Waals surface area contributed by atoms with Crippen molar-refractivity contribution in [1.82, 2.24) is 9.38 Å². The van der Waals surface area contributed by atoms with E-state index >= 15 is 0 Å². The number of benzene rings is 1. The van der Waals surface area contributed by atoms with E-state index in [1.165, 1.54) is 0 Å². The number of fused-ring (bicyclic) bond motifs is 1. The van der Waals surface area contributed by atoms with Crippen LogP contribution in [0.1, 0.15) is 21.6 Å². The number of hydrogen-bond acceptors (Lipinski definition) is 2. The van der Waals surface area contributed by atoms with E-state index in [1.807, 2.05) is 60.0 Å². The predicted molar refractivity (Wildman–Crippen MR) is 69.8 cm³/mol. The van der Waals surface area contributed by atoms with Crippen LogP contribution in [0.4, 0.5) is 0 Å². The molecule has 0 fully saturated rings. The van der Waals surface area contributed by atoms with E-state index in [0.29, 0.717) is 11.3 Å². The van der Waals surface area contributed by atoms with Gasteiger partial charge in [-0.05, 0) is 25.1 Å². The van der Waals surface area contributed by atoms with Gasteiger partial charge in [-0.15, -0.1) is 0 Å². The average molecular weight is 236 g/mol. The highest BCUT2D eigenvalue weighted by atomic mass is 16.1. The minimum atomic E-state index is -0.00241. The summed E-state index contributed by atoms with van der Waals surface area (Å²) in [5, 5.41) is 0. The number of aromatic nitrogens is 2. The van der Waals surface area contributed by atoms with Gasteiger partial charge in [0.1, 0.15) is 11.3 Å². The van der Waals surface area contributed by atoms with Crippen LogP contribution in [0.25, 0.3) is 5.65 Å². The van der Waals surface area contributed by atoms with Crippen LogP contribution >= 0.6 is 0 Å². The second kappa shape index (κ2) is 4.11. The number of ketones is 1. The van der Waals surface area contributed by atoms with Crippen molar-refractivity contribution in [1.29, 1.82) is 0 Å². The Morgan fingerprint density at radius 1 is 1.17 bits per heavy atom. The van der Waals surface area contributed by atoms with E-state index in [4.69, 9.17) is 0 Å². The normalized spacial score (nSPS) is 10.7. The Morgan fingerprint density at radius 2 is 2.06 bits per heavy atom. The summed E-state index contributed by atoms with van der Waals surface area (Å²) in [5.41, 5.74) is 3.15. The highest BCUT2D eigenvalue weighted by Gasteiger charge is 2.13. The first-order valence-electron chi connectivity index (χ1n) is 5.79. The highest BCUT2D eigenvalue weighted by molar-refractivity contribution is 6.08. The number of nitrogens with zero attached hydrogens (tertiary/aromatic N) is 2. The number of carbonyl (C=O) groups excluding carboxylic acids is 1.